The van der Waals surface area contributed by atoms with Crippen molar-refractivity contribution in [2.24, 2.45) is 0 Å². The van der Waals surface area contributed by atoms with Crippen LogP contribution in [0.25, 0.3) is 0 Å². The molecule has 0 saturated carbocycles. The van der Waals surface area contributed by atoms with Crippen molar-refractivity contribution in [2.75, 3.05) is 13.2 Å². The van der Waals surface area contributed by atoms with Gasteiger partial charge in [0.05, 0.1) is 0 Å². The van der Waals surface area contributed by atoms with Crippen LogP contribution < -0.4 is 0 Å². The van der Waals surface area contributed by atoms with E-state index in [2.05, 4.69) is 93.7 Å². The van der Waals surface area contributed by atoms with E-state index < -0.39 is 6.10 Å². The number of carbonyl (C=O) groups is 3. The fourth-order valence-electron chi connectivity index (χ4n) is 8.82. The summed E-state index contributed by atoms with van der Waals surface area (Å²) in [5.41, 5.74) is 0. The Morgan fingerprint density at radius 1 is 0.292 bits per heavy atom. The molecule has 0 aromatic heterocycles. The Balaban J connectivity index is 4.34. The topological polar surface area (TPSA) is 78.9 Å². The summed E-state index contributed by atoms with van der Waals surface area (Å²) >= 11 is 0. The van der Waals surface area contributed by atoms with Crippen LogP contribution in [0.4, 0.5) is 0 Å². The van der Waals surface area contributed by atoms with Gasteiger partial charge in [0.2, 0.25) is 0 Å². The first-order valence-electron chi connectivity index (χ1n) is 30.9. The maximum absolute atomic E-state index is 12.9. The van der Waals surface area contributed by atoms with Crippen molar-refractivity contribution < 1.29 is 28.6 Å². The van der Waals surface area contributed by atoms with Gasteiger partial charge in [0.15, 0.2) is 6.10 Å². The van der Waals surface area contributed by atoms with Crippen LogP contribution >= 0.6 is 0 Å². The van der Waals surface area contributed by atoms with Crippen LogP contribution in [0, 0.1) is 0 Å². The highest BCUT2D eigenvalue weighted by Gasteiger charge is 2.19. The lowest BCUT2D eigenvalue weighted by Gasteiger charge is -2.18. The van der Waals surface area contributed by atoms with Crippen LogP contribution in [-0.2, 0) is 28.6 Å². The van der Waals surface area contributed by atoms with E-state index in [4.69, 9.17) is 14.2 Å². The maximum atomic E-state index is 12.9. The van der Waals surface area contributed by atoms with Gasteiger partial charge in [-0.25, -0.2) is 0 Å². The molecule has 1 atom stereocenters. The van der Waals surface area contributed by atoms with Crippen molar-refractivity contribution in [3.63, 3.8) is 0 Å². The molecule has 6 heteroatoms. The van der Waals surface area contributed by atoms with Crippen molar-refractivity contribution in [3.05, 3.63) is 72.9 Å². The number of unbranched alkanes of at least 4 members (excludes halogenated alkanes) is 33. The van der Waals surface area contributed by atoms with Gasteiger partial charge in [0, 0.05) is 19.3 Å². The van der Waals surface area contributed by atoms with E-state index in [1.807, 2.05) is 0 Å². The lowest BCUT2D eigenvalue weighted by Crippen LogP contribution is -2.30. The Hall–Kier alpha value is -3.15. The zero-order valence-electron chi connectivity index (χ0n) is 47.7. The standard InChI is InChI=1S/C66H116O6/c1-4-7-10-13-16-19-22-25-27-29-31-33-35-37-39-41-44-47-50-53-56-59-65(68)71-62-63(61-70-64(67)58-55-52-49-46-43-24-21-18-15-12-9-6-3)72-66(69)60-57-54-51-48-45-42-40-38-36-34-32-30-28-26-23-20-17-14-11-8-5-2/h7,10,16,18-19,21,25,27,31,33,37,39,63H,4-6,8-9,11-15,17,20,22-24,26,28-30,32,34-36,38,40-62H2,1-3H3/b10-7-,19-16-,21-18-,27-25-,33-31-,39-37-. The third kappa shape index (κ3) is 57.7. The van der Waals surface area contributed by atoms with E-state index in [-0.39, 0.29) is 31.1 Å². The number of rotatable bonds is 56. The van der Waals surface area contributed by atoms with Gasteiger partial charge < -0.3 is 14.2 Å². The molecule has 0 radical (unpaired) electrons. The van der Waals surface area contributed by atoms with Gasteiger partial charge in [0.1, 0.15) is 13.2 Å². The largest absolute Gasteiger partial charge is 0.462 e. The highest BCUT2D eigenvalue weighted by Crippen LogP contribution is 2.17. The molecule has 416 valence electrons. The van der Waals surface area contributed by atoms with Gasteiger partial charge in [0.25, 0.3) is 0 Å². The molecule has 0 aromatic rings. The Morgan fingerprint density at radius 3 is 0.889 bits per heavy atom. The molecule has 0 saturated heterocycles. The smallest absolute Gasteiger partial charge is 0.306 e. The van der Waals surface area contributed by atoms with E-state index in [9.17, 15) is 14.4 Å². The predicted molar refractivity (Wildman–Crippen MR) is 311 cm³/mol. The predicted octanol–water partition coefficient (Wildman–Crippen LogP) is 20.9. The molecule has 6 nitrogen and oxygen atoms in total. The average Bonchev–Trinajstić information content (AvgIpc) is 3.38. The van der Waals surface area contributed by atoms with E-state index >= 15 is 0 Å². The summed E-state index contributed by atoms with van der Waals surface area (Å²) < 4.78 is 16.9. The van der Waals surface area contributed by atoms with Gasteiger partial charge in [-0.3, -0.25) is 14.4 Å². The second kappa shape index (κ2) is 60.4. The molecule has 0 heterocycles. The molecular weight excluding hydrogens is 889 g/mol. The van der Waals surface area contributed by atoms with Crippen LogP contribution in [0.2, 0.25) is 0 Å². The van der Waals surface area contributed by atoms with Gasteiger partial charge >= 0.3 is 17.9 Å². The third-order valence-electron chi connectivity index (χ3n) is 13.4. The molecular formula is C66H116O6. The molecule has 0 rings (SSSR count). The highest BCUT2D eigenvalue weighted by atomic mass is 16.6. The lowest BCUT2D eigenvalue weighted by molar-refractivity contribution is -0.167. The molecule has 0 aliphatic carbocycles. The van der Waals surface area contributed by atoms with E-state index in [1.54, 1.807) is 0 Å². The first-order chi connectivity index (χ1) is 35.5. The van der Waals surface area contributed by atoms with Crippen LogP contribution in [0.3, 0.4) is 0 Å². The second-order valence-corrected chi connectivity index (χ2v) is 20.6. The molecule has 0 fully saturated rings. The summed E-state index contributed by atoms with van der Waals surface area (Å²) in [4.78, 5) is 38.2. The number of ether oxygens (including phenoxy) is 3. The number of hydrogen-bond acceptors (Lipinski definition) is 6. The molecule has 0 aliphatic rings. The molecule has 1 unspecified atom stereocenters. The highest BCUT2D eigenvalue weighted by molar-refractivity contribution is 5.71. The molecule has 0 amide bonds. The number of carbonyl (C=O) groups excluding carboxylic acids is 3. The van der Waals surface area contributed by atoms with Gasteiger partial charge in [-0.2, -0.15) is 0 Å². The van der Waals surface area contributed by atoms with Crippen molar-refractivity contribution in [1.29, 1.82) is 0 Å². The average molecular weight is 1010 g/mol. The summed E-state index contributed by atoms with van der Waals surface area (Å²) in [5, 5.41) is 0. The van der Waals surface area contributed by atoms with Crippen LogP contribution in [0.15, 0.2) is 72.9 Å². The van der Waals surface area contributed by atoms with Gasteiger partial charge in [-0.1, -0.05) is 273 Å². The van der Waals surface area contributed by atoms with Crippen molar-refractivity contribution >= 4 is 17.9 Å². The number of allylic oxidation sites excluding steroid dienone is 12. The lowest BCUT2D eigenvalue weighted by atomic mass is 10.0. The SMILES string of the molecule is CC/C=C\C/C=C\C/C=C\C/C=C\C/C=C\CCCCCCCC(=O)OCC(COC(=O)CCCCCCC/C=C\CCCCC)OC(=O)CCCCCCCCCCCCCCCCCCCCCCC. The fourth-order valence-corrected chi connectivity index (χ4v) is 8.82. The maximum Gasteiger partial charge on any atom is 0.306 e. The normalized spacial score (nSPS) is 12.5. The first-order valence-corrected chi connectivity index (χ1v) is 30.9. The summed E-state index contributed by atoms with van der Waals surface area (Å²) in [6.07, 6.45) is 77.6. The molecule has 0 aliphatic heterocycles. The van der Waals surface area contributed by atoms with Gasteiger partial charge in [-0.05, 0) is 89.9 Å². The molecule has 0 spiro atoms. The Kier molecular flexibility index (Phi) is 57.8. The van der Waals surface area contributed by atoms with Crippen LogP contribution in [0.1, 0.15) is 310 Å². The van der Waals surface area contributed by atoms with Crippen molar-refractivity contribution in [1.82, 2.24) is 0 Å². The minimum Gasteiger partial charge on any atom is -0.462 e. The summed E-state index contributed by atoms with van der Waals surface area (Å²) in [6.45, 7) is 6.52. The number of hydrogen-bond donors (Lipinski definition) is 0. The quantitative estimate of drug-likeness (QED) is 0.0261. The van der Waals surface area contributed by atoms with Crippen LogP contribution in [-0.4, -0.2) is 37.2 Å². The zero-order valence-corrected chi connectivity index (χ0v) is 47.7. The minimum atomic E-state index is -0.786. The second-order valence-electron chi connectivity index (χ2n) is 20.6. The fraction of sp³-hybridized carbons (Fsp3) is 0.773. The van der Waals surface area contributed by atoms with Crippen molar-refractivity contribution in [2.45, 2.75) is 316 Å². The van der Waals surface area contributed by atoms with Crippen LogP contribution in [0.5, 0.6) is 0 Å². The summed E-state index contributed by atoms with van der Waals surface area (Å²) in [5.74, 6) is -0.897. The minimum absolute atomic E-state index is 0.0837. The third-order valence-corrected chi connectivity index (χ3v) is 13.4. The Labute approximate surface area is 446 Å². The summed E-state index contributed by atoms with van der Waals surface area (Å²) in [7, 11) is 0. The van der Waals surface area contributed by atoms with Crippen molar-refractivity contribution in [3.8, 4) is 0 Å². The number of esters is 3. The Bertz CT molecular complexity index is 1340. The monoisotopic (exact) mass is 1000 g/mol. The molecule has 0 N–H and O–H groups in total. The van der Waals surface area contributed by atoms with E-state index in [0.717, 1.165) is 116 Å². The first kappa shape index (κ1) is 68.8. The molecule has 0 bridgehead atoms. The zero-order chi connectivity index (χ0) is 52.2. The van der Waals surface area contributed by atoms with E-state index in [0.29, 0.717) is 19.3 Å². The Morgan fingerprint density at radius 2 is 0.542 bits per heavy atom. The molecule has 0 aromatic carbocycles. The molecule has 72 heavy (non-hydrogen) atoms. The summed E-state index contributed by atoms with van der Waals surface area (Å²) in [6, 6.07) is 0. The van der Waals surface area contributed by atoms with Gasteiger partial charge in [-0.15, -0.1) is 0 Å². The van der Waals surface area contributed by atoms with E-state index in [1.165, 1.54) is 154 Å².